The van der Waals surface area contributed by atoms with E-state index in [1.54, 1.807) is 12.4 Å². The smallest absolute Gasteiger partial charge is 0.290 e. The predicted octanol–water partition coefficient (Wildman–Crippen LogP) is 1.69. The lowest BCUT2D eigenvalue weighted by Gasteiger charge is -2.36. The van der Waals surface area contributed by atoms with Gasteiger partial charge in [0.2, 0.25) is 5.78 Å². The maximum absolute atomic E-state index is 14.8. The molecule has 1 saturated heterocycles. The van der Waals surface area contributed by atoms with E-state index in [4.69, 9.17) is 0 Å². The molecule has 2 aliphatic rings. The van der Waals surface area contributed by atoms with E-state index >= 15 is 0 Å². The van der Waals surface area contributed by atoms with Gasteiger partial charge in [-0.25, -0.2) is 24.0 Å². The van der Waals surface area contributed by atoms with Crippen LogP contribution in [0.3, 0.4) is 0 Å². The van der Waals surface area contributed by atoms with Gasteiger partial charge in [0.25, 0.3) is 5.91 Å². The van der Waals surface area contributed by atoms with Crippen LogP contribution in [0.5, 0.6) is 0 Å². The predicted molar refractivity (Wildman–Crippen MR) is 132 cm³/mol. The van der Waals surface area contributed by atoms with Crippen LogP contribution in [0.4, 0.5) is 15.8 Å². The molecule has 37 heavy (non-hydrogen) atoms. The number of anilines is 2. The van der Waals surface area contributed by atoms with Gasteiger partial charge in [-0.2, -0.15) is 0 Å². The summed E-state index contributed by atoms with van der Waals surface area (Å²) in [6.45, 7) is 1.83. The Hall–Kier alpha value is -4.74. The minimum absolute atomic E-state index is 0.103. The molecule has 1 unspecified atom stereocenters. The van der Waals surface area contributed by atoms with Crippen LogP contribution in [0.15, 0.2) is 61.4 Å². The zero-order valence-corrected chi connectivity index (χ0v) is 19.7. The first-order valence-electron chi connectivity index (χ1n) is 11.8. The summed E-state index contributed by atoms with van der Waals surface area (Å²) in [5.41, 5.74) is 3.14. The van der Waals surface area contributed by atoms with Crippen LogP contribution in [0, 0.1) is 5.82 Å². The normalized spacial score (nSPS) is 16.8. The molecule has 1 atom stereocenters. The molecule has 0 saturated carbocycles. The molecule has 2 aliphatic heterocycles. The van der Waals surface area contributed by atoms with Crippen molar-refractivity contribution in [3.8, 4) is 17.1 Å². The van der Waals surface area contributed by atoms with Crippen molar-refractivity contribution in [1.82, 2.24) is 34.8 Å². The van der Waals surface area contributed by atoms with E-state index in [2.05, 4.69) is 35.5 Å². The Balaban J connectivity index is 1.18. The Morgan fingerprint density at radius 2 is 1.84 bits per heavy atom. The molecule has 11 nitrogen and oxygen atoms in total. The molecule has 1 aromatic carbocycles. The first-order valence-corrected chi connectivity index (χ1v) is 11.8. The standard InChI is InChI=1S/C25H22FN9O2/c26-18-13-29-24(35-7-6-31-32-35)22-20(18)17(12-28-22)23(36)25(37)34-10-8-33(9-11-34)19-14-27-15-30-21(19)16-4-2-1-3-5-16/h1-7,13-15,17,28H,8-12H2. The van der Waals surface area contributed by atoms with E-state index < -0.39 is 23.4 Å². The summed E-state index contributed by atoms with van der Waals surface area (Å²) in [6.07, 6.45) is 7.37. The molecule has 1 amide bonds. The van der Waals surface area contributed by atoms with Gasteiger partial charge in [0.15, 0.2) is 5.82 Å². The molecule has 6 rings (SSSR count). The zero-order valence-electron chi connectivity index (χ0n) is 19.7. The summed E-state index contributed by atoms with van der Waals surface area (Å²) in [7, 11) is 0. The first-order chi connectivity index (χ1) is 18.1. The van der Waals surface area contributed by atoms with Crippen LogP contribution < -0.4 is 10.2 Å². The molecule has 3 aromatic heterocycles. The fourth-order valence-electron chi connectivity index (χ4n) is 4.86. The summed E-state index contributed by atoms with van der Waals surface area (Å²) in [4.78, 5) is 42.8. The first kappa shape index (κ1) is 22.7. The third-order valence-electron chi connectivity index (χ3n) is 6.70. The number of carbonyl (C=O) groups is 2. The molecule has 1 fully saturated rings. The Morgan fingerprint density at radius 3 is 2.59 bits per heavy atom. The maximum atomic E-state index is 14.8. The summed E-state index contributed by atoms with van der Waals surface area (Å²) < 4.78 is 16.2. The number of pyridine rings is 1. The number of carbonyl (C=O) groups excluding carboxylic acids is 2. The third kappa shape index (κ3) is 4.05. The lowest BCUT2D eigenvalue weighted by molar-refractivity contribution is -0.145. The van der Waals surface area contributed by atoms with Crippen molar-refractivity contribution in [3.05, 3.63) is 72.8 Å². The fourth-order valence-corrected chi connectivity index (χ4v) is 4.86. The van der Waals surface area contributed by atoms with Gasteiger partial charge in [-0.3, -0.25) is 9.59 Å². The van der Waals surface area contributed by atoms with Crippen LogP contribution in [0.1, 0.15) is 11.5 Å². The van der Waals surface area contributed by atoms with E-state index in [1.807, 2.05) is 30.3 Å². The summed E-state index contributed by atoms with van der Waals surface area (Å²) >= 11 is 0. The number of fused-ring (bicyclic) bond motifs is 1. The monoisotopic (exact) mass is 499 g/mol. The van der Waals surface area contributed by atoms with Crippen LogP contribution in [-0.2, 0) is 9.59 Å². The van der Waals surface area contributed by atoms with Crippen LogP contribution in [0.25, 0.3) is 17.1 Å². The van der Waals surface area contributed by atoms with E-state index in [1.165, 1.54) is 22.1 Å². The Labute approximate surface area is 211 Å². The Bertz CT molecular complexity index is 1450. The van der Waals surface area contributed by atoms with Gasteiger partial charge in [-0.1, -0.05) is 35.5 Å². The lowest BCUT2D eigenvalue weighted by Crippen LogP contribution is -2.51. The molecule has 186 valence electrons. The number of piperazine rings is 1. The average molecular weight is 500 g/mol. The zero-order chi connectivity index (χ0) is 25.4. The molecule has 4 aromatic rings. The molecule has 5 heterocycles. The fraction of sp³-hybridized carbons (Fsp3) is 0.240. The molecule has 1 N–H and O–H groups in total. The number of aromatic nitrogens is 6. The quantitative estimate of drug-likeness (QED) is 0.409. The second kappa shape index (κ2) is 9.37. The van der Waals surface area contributed by atoms with Crippen LogP contribution in [0.2, 0.25) is 0 Å². The Morgan fingerprint density at radius 1 is 1.03 bits per heavy atom. The van der Waals surface area contributed by atoms with E-state index in [0.29, 0.717) is 37.7 Å². The minimum atomic E-state index is -0.946. The van der Waals surface area contributed by atoms with Gasteiger partial charge in [-0.15, -0.1) is 5.10 Å². The number of ketones is 1. The second-order valence-electron chi connectivity index (χ2n) is 8.77. The topological polar surface area (TPSA) is 122 Å². The van der Waals surface area contributed by atoms with Crippen LogP contribution in [-0.4, -0.2) is 79.3 Å². The van der Waals surface area contributed by atoms with Gasteiger partial charge >= 0.3 is 0 Å². The Kier molecular flexibility index (Phi) is 5.75. The SMILES string of the molecule is O=C(C(=O)N1CCN(c2cncnc2-c2ccccc2)CC1)C1CNc2c(-n3ccnn3)ncc(F)c21. The van der Waals surface area contributed by atoms with E-state index in [0.717, 1.165) is 23.1 Å². The van der Waals surface area contributed by atoms with Gasteiger partial charge in [0.1, 0.15) is 12.1 Å². The number of halogens is 1. The highest BCUT2D eigenvalue weighted by Crippen LogP contribution is 2.37. The van der Waals surface area contributed by atoms with Gasteiger partial charge in [-0.05, 0) is 0 Å². The number of amides is 1. The van der Waals surface area contributed by atoms with Gasteiger partial charge in [0.05, 0.1) is 47.8 Å². The molecular weight excluding hydrogens is 477 g/mol. The number of rotatable bonds is 5. The second-order valence-corrected chi connectivity index (χ2v) is 8.77. The molecule has 0 bridgehead atoms. The number of nitrogens with one attached hydrogen (secondary N) is 1. The van der Waals surface area contributed by atoms with Crippen molar-refractivity contribution >= 4 is 23.1 Å². The van der Waals surface area contributed by atoms with Crippen molar-refractivity contribution in [2.45, 2.75) is 5.92 Å². The molecule has 0 aliphatic carbocycles. The number of benzene rings is 1. The molecule has 0 spiro atoms. The van der Waals surface area contributed by atoms with Crippen molar-refractivity contribution in [1.29, 1.82) is 0 Å². The van der Waals surface area contributed by atoms with Crippen LogP contribution >= 0.6 is 0 Å². The largest absolute Gasteiger partial charge is 0.381 e. The minimum Gasteiger partial charge on any atom is -0.381 e. The van der Waals surface area contributed by atoms with E-state index in [9.17, 15) is 14.0 Å². The maximum Gasteiger partial charge on any atom is 0.290 e. The third-order valence-corrected chi connectivity index (χ3v) is 6.70. The summed E-state index contributed by atoms with van der Waals surface area (Å²) in [5, 5.41) is 10.7. The van der Waals surface area contributed by atoms with Crippen molar-refractivity contribution in [2.24, 2.45) is 0 Å². The number of hydrogen-bond acceptors (Lipinski definition) is 9. The highest BCUT2D eigenvalue weighted by Gasteiger charge is 2.39. The summed E-state index contributed by atoms with van der Waals surface area (Å²) in [6, 6.07) is 9.82. The number of Topliss-reactive ketones (excluding diaryl/α,β-unsaturated/α-hetero) is 1. The number of nitrogens with zero attached hydrogens (tertiary/aromatic N) is 8. The summed E-state index contributed by atoms with van der Waals surface area (Å²) in [5.74, 6) is -2.53. The van der Waals surface area contributed by atoms with Crippen molar-refractivity contribution in [3.63, 3.8) is 0 Å². The molecular formula is C25H22FN9O2. The highest BCUT2D eigenvalue weighted by atomic mass is 19.1. The number of hydrogen-bond donors (Lipinski definition) is 1. The lowest BCUT2D eigenvalue weighted by atomic mass is 9.96. The molecule has 12 heteroatoms. The van der Waals surface area contributed by atoms with Crippen molar-refractivity contribution < 1.29 is 14.0 Å². The average Bonchev–Trinajstić information content (AvgIpc) is 3.65. The van der Waals surface area contributed by atoms with Crippen molar-refractivity contribution in [2.75, 3.05) is 42.9 Å². The molecule has 0 radical (unpaired) electrons. The van der Waals surface area contributed by atoms with Gasteiger partial charge in [0, 0.05) is 43.9 Å². The van der Waals surface area contributed by atoms with Gasteiger partial charge < -0.3 is 15.1 Å². The highest BCUT2D eigenvalue weighted by molar-refractivity contribution is 6.38. The van der Waals surface area contributed by atoms with E-state index in [-0.39, 0.29) is 12.1 Å².